The van der Waals surface area contributed by atoms with Crippen LogP contribution in [0.1, 0.15) is 44.1 Å². The molecule has 3 nitrogen and oxygen atoms in total. The fourth-order valence-electron chi connectivity index (χ4n) is 3.56. The van der Waals surface area contributed by atoms with Gasteiger partial charge in [0.15, 0.2) is 0 Å². The molecule has 2 fully saturated rings. The first kappa shape index (κ1) is 13.6. The first-order valence-electron chi connectivity index (χ1n) is 7.75. The van der Waals surface area contributed by atoms with Crippen molar-refractivity contribution in [3.8, 4) is 0 Å². The Bertz CT molecular complexity index is 461. The van der Waals surface area contributed by atoms with E-state index in [1.807, 2.05) is 23.1 Å². The van der Waals surface area contributed by atoms with Gasteiger partial charge >= 0.3 is 0 Å². The second kappa shape index (κ2) is 5.57. The van der Waals surface area contributed by atoms with Gasteiger partial charge in [0.1, 0.15) is 0 Å². The number of hydrogen-bond donors (Lipinski definition) is 1. The number of hydrogen-bond acceptors (Lipinski definition) is 2. The highest BCUT2D eigenvalue weighted by Gasteiger charge is 2.53. The first-order chi connectivity index (χ1) is 9.78. The summed E-state index contributed by atoms with van der Waals surface area (Å²) >= 11 is 0. The number of aliphatic hydroxyl groups is 1. The molecule has 0 aromatic heterocycles. The van der Waals surface area contributed by atoms with Gasteiger partial charge in [-0.1, -0.05) is 43.2 Å². The summed E-state index contributed by atoms with van der Waals surface area (Å²) in [6.45, 7) is 0.547. The standard InChI is InChI=1S/C17H23NO2/c19-13-12-18(15-8-4-5-9-15)16(20)17(10-11-17)14-6-2-1-3-7-14/h1-3,6-7,15,19H,4-5,8-13H2. The minimum Gasteiger partial charge on any atom is -0.395 e. The van der Waals surface area contributed by atoms with Crippen molar-refractivity contribution in [3.63, 3.8) is 0 Å². The third-order valence-electron chi connectivity index (χ3n) is 4.85. The molecule has 0 bridgehead atoms. The molecule has 1 amide bonds. The average molecular weight is 273 g/mol. The van der Waals surface area contributed by atoms with Gasteiger partial charge in [0.05, 0.1) is 12.0 Å². The van der Waals surface area contributed by atoms with Crippen LogP contribution >= 0.6 is 0 Å². The number of carbonyl (C=O) groups excluding carboxylic acids is 1. The van der Waals surface area contributed by atoms with E-state index in [-0.39, 0.29) is 17.9 Å². The van der Waals surface area contributed by atoms with E-state index >= 15 is 0 Å². The van der Waals surface area contributed by atoms with E-state index in [9.17, 15) is 9.90 Å². The zero-order valence-corrected chi connectivity index (χ0v) is 11.9. The van der Waals surface area contributed by atoms with Crippen LogP contribution in [0.3, 0.4) is 0 Å². The van der Waals surface area contributed by atoms with Crippen molar-refractivity contribution in [1.82, 2.24) is 4.90 Å². The number of aliphatic hydroxyl groups excluding tert-OH is 1. The summed E-state index contributed by atoms with van der Waals surface area (Å²) in [4.78, 5) is 15.0. The van der Waals surface area contributed by atoms with E-state index in [1.165, 1.54) is 12.8 Å². The van der Waals surface area contributed by atoms with E-state index in [0.29, 0.717) is 12.6 Å². The Morgan fingerprint density at radius 1 is 1.20 bits per heavy atom. The Kier molecular flexibility index (Phi) is 3.79. The number of nitrogens with zero attached hydrogens (tertiary/aromatic N) is 1. The second-order valence-electron chi connectivity index (χ2n) is 6.11. The Morgan fingerprint density at radius 2 is 1.85 bits per heavy atom. The Hall–Kier alpha value is -1.35. The minimum absolute atomic E-state index is 0.0626. The van der Waals surface area contributed by atoms with Crippen molar-refractivity contribution in [2.75, 3.05) is 13.2 Å². The molecule has 3 heteroatoms. The van der Waals surface area contributed by atoms with Crippen LogP contribution in [0.15, 0.2) is 30.3 Å². The third-order valence-corrected chi connectivity index (χ3v) is 4.85. The third kappa shape index (κ3) is 2.35. The van der Waals surface area contributed by atoms with Gasteiger partial charge in [-0.2, -0.15) is 0 Å². The first-order valence-corrected chi connectivity index (χ1v) is 7.75. The zero-order chi connectivity index (χ0) is 14.0. The topological polar surface area (TPSA) is 40.5 Å². The molecule has 0 spiro atoms. The van der Waals surface area contributed by atoms with Gasteiger partial charge in [-0.15, -0.1) is 0 Å². The Balaban J connectivity index is 1.82. The van der Waals surface area contributed by atoms with Gasteiger partial charge in [0.2, 0.25) is 5.91 Å². The van der Waals surface area contributed by atoms with Crippen molar-refractivity contribution in [2.24, 2.45) is 0 Å². The van der Waals surface area contributed by atoms with Gasteiger partial charge in [0.25, 0.3) is 0 Å². The average Bonchev–Trinajstić information content (AvgIpc) is 3.13. The lowest BCUT2D eigenvalue weighted by Crippen LogP contribution is -2.46. The monoisotopic (exact) mass is 273 g/mol. The number of benzene rings is 1. The highest BCUT2D eigenvalue weighted by Crippen LogP contribution is 2.50. The van der Waals surface area contributed by atoms with E-state index in [1.54, 1.807) is 0 Å². The lowest BCUT2D eigenvalue weighted by atomic mass is 9.93. The number of amides is 1. The molecule has 1 aromatic carbocycles. The zero-order valence-electron chi connectivity index (χ0n) is 11.9. The van der Waals surface area contributed by atoms with Gasteiger partial charge in [-0.3, -0.25) is 4.79 Å². The summed E-state index contributed by atoms with van der Waals surface area (Å²) in [5.74, 6) is 0.240. The summed E-state index contributed by atoms with van der Waals surface area (Å²) in [6, 6.07) is 10.5. The van der Waals surface area contributed by atoms with Crippen molar-refractivity contribution >= 4 is 5.91 Å². The van der Waals surface area contributed by atoms with Crippen LogP contribution in [0.2, 0.25) is 0 Å². The van der Waals surface area contributed by atoms with Crippen LogP contribution in [-0.2, 0) is 10.2 Å². The molecule has 0 unspecified atom stereocenters. The molecule has 2 aliphatic carbocycles. The lowest BCUT2D eigenvalue weighted by Gasteiger charge is -2.32. The largest absolute Gasteiger partial charge is 0.395 e. The van der Waals surface area contributed by atoms with Crippen LogP contribution in [0, 0.1) is 0 Å². The quantitative estimate of drug-likeness (QED) is 0.895. The normalized spacial score (nSPS) is 20.9. The van der Waals surface area contributed by atoms with Gasteiger partial charge in [0, 0.05) is 12.6 Å². The second-order valence-corrected chi connectivity index (χ2v) is 6.11. The summed E-state index contributed by atoms with van der Waals surface area (Å²) in [5, 5.41) is 9.31. The van der Waals surface area contributed by atoms with Gasteiger partial charge < -0.3 is 10.0 Å². The molecule has 2 aliphatic rings. The van der Waals surface area contributed by atoms with E-state index in [0.717, 1.165) is 31.2 Å². The molecule has 108 valence electrons. The maximum atomic E-state index is 13.0. The fourth-order valence-corrected chi connectivity index (χ4v) is 3.56. The highest BCUT2D eigenvalue weighted by atomic mass is 16.3. The predicted octanol–water partition coefficient (Wildman–Crippen LogP) is 2.48. The molecule has 0 heterocycles. The molecular weight excluding hydrogens is 250 g/mol. The molecule has 0 atom stereocenters. The van der Waals surface area contributed by atoms with Crippen LogP contribution in [-0.4, -0.2) is 35.1 Å². The van der Waals surface area contributed by atoms with Crippen LogP contribution in [0.5, 0.6) is 0 Å². The molecule has 0 saturated heterocycles. The molecule has 20 heavy (non-hydrogen) atoms. The van der Waals surface area contributed by atoms with Crippen LogP contribution in [0.25, 0.3) is 0 Å². The van der Waals surface area contributed by atoms with Crippen molar-refractivity contribution in [3.05, 3.63) is 35.9 Å². The maximum absolute atomic E-state index is 13.0. The number of carbonyl (C=O) groups is 1. The molecule has 0 radical (unpaired) electrons. The molecule has 2 saturated carbocycles. The van der Waals surface area contributed by atoms with Crippen molar-refractivity contribution in [2.45, 2.75) is 50.0 Å². The summed E-state index contributed by atoms with van der Waals surface area (Å²) < 4.78 is 0. The summed E-state index contributed by atoms with van der Waals surface area (Å²) in [7, 11) is 0. The van der Waals surface area contributed by atoms with Crippen molar-refractivity contribution < 1.29 is 9.90 Å². The fraction of sp³-hybridized carbons (Fsp3) is 0.588. The Labute approximate surface area is 120 Å². The van der Waals surface area contributed by atoms with E-state index in [2.05, 4.69) is 12.1 Å². The predicted molar refractivity (Wildman–Crippen MR) is 78.4 cm³/mol. The van der Waals surface area contributed by atoms with Crippen molar-refractivity contribution in [1.29, 1.82) is 0 Å². The highest BCUT2D eigenvalue weighted by molar-refractivity contribution is 5.91. The lowest BCUT2D eigenvalue weighted by molar-refractivity contribution is -0.136. The summed E-state index contributed by atoms with van der Waals surface area (Å²) in [6.07, 6.45) is 6.50. The molecular formula is C17H23NO2. The van der Waals surface area contributed by atoms with Gasteiger partial charge in [-0.25, -0.2) is 0 Å². The Morgan fingerprint density at radius 3 is 2.40 bits per heavy atom. The number of rotatable bonds is 5. The molecule has 1 aromatic rings. The SMILES string of the molecule is O=C(N(CCO)C1CCCC1)C1(c2ccccc2)CC1. The van der Waals surface area contributed by atoms with Gasteiger partial charge in [-0.05, 0) is 31.2 Å². The van der Waals surface area contributed by atoms with Crippen LogP contribution < -0.4 is 0 Å². The van der Waals surface area contributed by atoms with E-state index < -0.39 is 0 Å². The summed E-state index contributed by atoms with van der Waals surface area (Å²) in [5.41, 5.74) is 0.852. The smallest absolute Gasteiger partial charge is 0.233 e. The molecule has 3 rings (SSSR count). The van der Waals surface area contributed by atoms with E-state index in [4.69, 9.17) is 0 Å². The van der Waals surface area contributed by atoms with Crippen LogP contribution in [0.4, 0.5) is 0 Å². The molecule has 0 aliphatic heterocycles. The minimum atomic E-state index is -0.293. The molecule has 1 N–H and O–H groups in total. The maximum Gasteiger partial charge on any atom is 0.233 e.